The van der Waals surface area contributed by atoms with Crippen LogP contribution < -0.4 is 5.32 Å². The Morgan fingerprint density at radius 1 is 0.844 bits per heavy atom. The second-order valence-corrected chi connectivity index (χ2v) is 14.8. The number of carbonyl (C=O) groups excluding carboxylic acids is 3. The zero-order valence-electron chi connectivity index (χ0n) is 26.5. The molecular weight excluding hydrogens is 585 g/mol. The minimum Gasteiger partial charge on any atom is -0.338 e. The van der Waals surface area contributed by atoms with Crippen molar-refractivity contribution in [3.8, 4) is 0 Å². The molecule has 2 aromatic carbocycles. The zero-order chi connectivity index (χ0) is 31.7. The Kier molecular flexibility index (Phi) is 9.25. The molecule has 1 aliphatic carbocycles. The molecule has 6 nitrogen and oxygen atoms in total. The van der Waals surface area contributed by atoms with Crippen LogP contribution >= 0.6 is 11.3 Å². The number of benzene rings is 2. The second kappa shape index (κ2) is 13.2. The summed E-state index contributed by atoms with van der Waals surface area (Å²) in [6, 6.07) is 16.6. The van der Waals surface area contributed by atoms with Gasteiger partial charge in [-0.05, 0) is 58.5 Å². The summed E-state index contributed by atoms with van der Waals surface area (Å²) in [5, 5.41) is 5.22. The number of amides is 2. The molecule has 6 rings (SSSR count). The molecule has 2 amide bonds. The largest absolute Gasteiger partial charge is 0.338 e. The molecule has 45 heavy (non-hydrogen) atoms. The van der Waals surface area contributed by atoms with E-state index < -0.39 is 23.9 Å². The van der Waals surface area contributed by atoms with E-state index in [0.717, 1.165) is 43.2 Å². The number of nitrogens with one attached hydrogen (secondary N) is 1. The van der Waals surface area contributed by atoms with Gasteiger partial charge in [0.05, 0.1) is 16.8 Å². The van der Waals surface area contributed by atoms with Crippen molar-refractivity contribution in [1.82, 2.24) is 15.1 Å². The number of rotatable bonds is 6. The normalized spacial score (nSPS) is 24.5. The first-order valence-corrected chi connectivity index (χ1v) is 17.3. The van der Waals surface area contributed by atoms with Crippen LogP contribution in [0.1, 0.15) is 91.2 Å². The Bertz CT molecular complexity index is 1490. The number of hydrogen-bond acceptors (Lipinski definition) is 5. The molecule has 238 valence electrons. The number of ketones is 1. The Morgan fingerprint density at radius 2 is 1.49 bits per heavy atom. The van der Waals surface area contributed by atoms with Crippen LogP contribution in [-0.2, 0) is 15.0 Å². The average Bonchev–Trinajstić information content (AvgIpc) is 3.72. The summed E-state index contributed by atoms with van der Waals surface area (Å²) in [5.41, 5.74) is 2.64. The van der Waals surface area contributed by atoms with Crippen molar-refractivity contribution in [3.63, 3.8) is 0 Å². The van der Waals surface area contributed by atoms with Gasteiger partial charge in [0.15, 0.2) is 5.78 Å². The van der Waals surface area contributed by atoms with E-state index in [9.17, 15) is 18.8 Å². The van der Waals surface area contributed by atoms with Crippen molar-refractivity contribution < 1.29 is 18.8 Å². The number of thiophene rings is 1. The predicted octanol–water partition coefficient (Wildman–Crippen LogP) is 6.73. The molecule has 0 radical (unpaired) electrons. The lowest BCUT2D eigenvalue weighted by Crippen LogP contribution is -2.55. The van der Waals surface area contributed by atoms with E-state index in [4.69, 9.17) is 0 Å². The van der Waals surface area contributed by atoms with E-state index in [1.165, 1.54) is 23.5 Å². The first kappa shape index (κ1) is 31.6. The van der Waals surface area contributed by atoms with Crippen molar-refractivity contribution in [2.24, 2.45) is 11.8 Å². The molecule has 4 atom stereocenters. The summed E-state index contributed by atoms with van der Waals surface area (Å²) in [6.07, 6.45) is 4.58. The van der Waals surface area contributed by atoms with Crippen LogP contribution in [0.2, 0.25) is 0 Å². The maximum Gasteiger partial charge on any atom is 0.246 e. The van der Waals surface area contributed by atoms with Crippen molar-refractivity contribution in [1.29, 1.82) is 0 Å². The van der Waals surface area contributed by atoms with Crippen LogP contribution in [0.5, 0.6) is 0 Å². The molecule has 1 saturated carbocycles. The van der Waals surface area contributed by atoms with Gasteiger partial charge in [-0.1, -0.05) is 82.5 Å². The highest BCUT2D eigenvalue weighted by Gasteiger charge is 2.58. The summed E-state index contributed by atoms with van der Waals surface area (Å²) >= 11 is 1.38. The molecule has 1 aromatic heterocycles. The van der Waals surface area contributed by atoms with Gasteiger partial charge in [-0.2, -0.15) is 0 Å². The molecule has 4 unspecified atom stereocenters. The fourth-order valence-corrected chi connectivity index (χ4v) is 8.32. The van der Waals surface area contributed by atoms with Crippen LogP contribution in [0.4, 0.5) is 4.39 Å². The van der Waals surface area contributed by atoms with Gasteiger partial charge in [-0.3, -0.25) is 14.4 Å². The monoisotopic (exact) mass is 629 g/mol. The predicted molar refractivity (Wildman–Crippen MR) is 176 cm³/mol. The first-order valence-electron chi connectivity index (χ1n) is 16.4. The van der Waals surface area contributed by atoms with Crippen molar-refractivity contribution in [2.45, 2.75) is 76.3 Å². The quantitative estimate of drug-likeness (QED) is 0.307. The highest BCUT2D eigenvalue weighted by atomic mass is 32.1. The van der Waals surface area contributed by atoms with Gasteiger partial charge in [-0.15, -0.1) is 11.3 Å². The van der Waals surface area contributed by atoms with E-state index in [0.29, 0.717) is 36.6 Å². The van der Waals surface area contributed by atoms with Gasteiger partial charge >= 0.3 is 0 Å². The summed E-state index contributed by atoms with van der Waals surface area (Å²) < 4.78 is 14.3. The van der Waals surface area contributed by atoms with Crippen molar-refractivity contribution in [3.05, 3.63) is 93.4 Å². The van der Waals surface area contributed by atoms with E-state index in [-0.39, 0.29) is 34.7 Å². The standard InChI is InChI=1S/C37H44FN3O3S/c1-37(2,3)27-15-11-24(12-16-27)30-31(34(42)29-10-7-23-45-29)32(25-13-17-28(38)18-14-25)41(35(43)26-8-5-4-6-9-26)33(30)36(44)40-21-19-39-20-22-40/h7,10-18,23,26,30-33,39H,4-6,8-9,19-22H2,1-3H3. The van der Waals surface area contributed by atoms with Gasteiger partial charge in [-0.25, -0.2) is 4.39 Å². The van der Waals surface area contributed by atoms with Crippen LogP contribution in [0.3, 0.4) is 0 Å². The number of hydrogen-bond donors (Lipinski definition) is 1. The smallest absolute Gasteiger partial charge is 0.246 e. The fraction of sp³-hybridized carbons (Fsp3) is 0.486. The molecule has 2 saturated heterocycles. The van der Waals surface area contributed by atoms with Crippen LogP contribution in [-0.4, -0.2) is 59.6 Å². The lowest BCUT2D eigenvalue weighted by atomic mass is 9.76. The van der Waals surface area contributed by atoms with Gasteiger partial charge < -0.3 is 15.1 Å². The summed E-state index contributed by atoms with van der Waals surface area (Å²) in [4.78, 5) is 48.6. The Labute approximate surface area is 270 Å². The lowest BCUT2D eigenvalue weighted by Gasteiger charge is -2.38. The number of piperazine rings is 1. The third-order valence-electron chi connectivity index (χ3n) is 10.00. The highest BCUT2D eigenvalue weighted by molar-refractivity contribution is 7.12. The zero-order valence-corrected chi connectivity index (χ0v) is 27.3. The molecule has 1 N–H and O–H groups in total. The van der Waals surface area contributed by atoms with E-state index >= 15 is 0 Å². The second-order valence-electron chi connectivity index (χ2n) is 13.9. The molecular formula is C37H44FN3O3S. The topological polar surface area (TPSA) is 69.7 Å². The van der Waals surface area contributed by atoms with E-state index in [1.54, 1.807) is 17.0 Å². The average molecular weight is 630 g/mol. The van der Waals surface area contributed by atoms with E-state index in [1.807, 2.05) is 34.5 Å². The van der Waals surface area contributed by atoms with Crippen molar-refractivity contribution >= 4 is 28.9 Å². The van der Waals surface area contributed by atoms with Crippen LogP contribution in [0, 0.1) is 17.7 Å². The summed E-state index contributed by atoms with van der Waals surface area (Å²) in [5.74, 6) is -2.14. The Morgan fingerprint density at radius 3 is 2.09 bits per heavy atom. The number of Topliss-reactive ketones (excluding diaryl/α,β-unsaturated/α-hetero) is 1. The van der Waals surface area contributed by atoms with Gasteiger partial charge in [0, 0.05) is 38.0 Å². The number of nitrogens with zero attached hydrogens (tertiary/aromatic N) is 2. The Hall–Kier alpha value is -3.36. The number of likely N-dealkylation sites (tertiary alicyclic amines) is 1. The minimum atomic E-state index is -0.859. The molecule has 8 heteroatoms. The third kappa shape index (κ3) is 6.36. The SMILES string of the molecule is CC(C)(C)c1ccc(C2C(C(=O)c3cccs3)C(c3ccc(F)cc3)N(C(=O)C3CCCCC3)C2C(=O)N2CCNCC2)cc1. The molecule has 2 aliphatic heterocycles. The van der Waals surface area contributed by atoms with Gasteiger partial charge in [0.1, 0.15) is 11.9 Å². The lowest BCUT2D eigenvalue weighted by molar-refractivity contribution is -0.149. The van der Waals surface area contributed by atoms with Crippen molar-refractivity contribution in [2.75, 3.05) is 26.2 Å². The maximum atomic E-state index is 14.8. The van der Waals surface area contributed by atoms with E-state index in [2.05, 4.69) is 38.2 Å². The maximum absolute atomic E-state index is 14.8. The molecule has 3 aliphatic rings. The van der Waals surface area contributed by atoms with Crippen LogP contribution in [0.25, 0.3) is 0 Å². The number of carbonyl (C=O) groups is 3. The third-order valence-corrected chi connectivity index (χ3v) is 10.9. The van der Waals surface area contributed by atoms with Crippen LogP contribution in [0.15, 0.2) is 66.0 Å². The molecule has 0 spiro atoms. The Balaban J connectivity index is 1.57. The summed E-state index contributed by atoms with van der Waals surface area (Å²) in [6.45, 7) is 8.92. The molecule has 3 heterocycles. The highest BCUT2D eigenvalue weighted by Crippen LogP contribution is 2.53. The number of halogens is 1. The molecule has 0 bridgehead atoms. The summed E-state index contributed by atoms with van der Waals surface area (Å²) in [7, 11) is 0. The molecule has 3 fully saturated rings. The minimum absolute atomic E-state index is 0.0599. The van der Waals surface area contributed by atoms with Gasteiger partial charge in [0.25, 0.3) is 0 Å². The fourth-order valence-electron chi connectivity index (χ4n) is 7.60. The molecule has 3 aromatic rings. The first-order chi connectivity index (χ1) is 21.6. The van der Waals surface area contributed by atoms with Gasteiger partial charge in [0.2, 0.25) is 11.8 Å².